The molecule has 1 nitrogen and oxygen atoms in total. The van der Waals surface area contributed by atoms with Gasteiger partial charge in [-0.3, -0.25) is 0 Å². The summed E-state index contributed by atoms with van der Waals surface area (Å²) in [6, 6.07) is 10.2. The van der Waals surface area contributed by atoms with Crippen molar-refractivity contribution in [1.82, 2.24) is 0 Å². The third-order valence-corrected chi connectivity index (χ3v) is 3.17. The van der Waals surface area contributed by atoms with E-state index in [4.69, 9.17) is 0 Å². The van der Waals surface area contributed by atoms with E-state index in [1.165, 1.54) is 11.1 Å². The molecule has 1 unspecified atom stereocenters. The fourth-order valence-electron chi connectivity index (χ4n) is 2.11. The van der Waals surface area contributed by atoms with Crippen molar-refractivity contribution >= 4 is 6.29 Å². The molecule has 1 aromatic carbocycles. The molecule has 0 saturated carbocycles. The van der Waals surface area contributed by atoms with E-state index in [0.717, 1.165) is 32.0 Å². The zero-order valence-electron chi connectivity index (χ0n) is 11.4. The van der Waals surface area contributed by atoms with E-state index in [9.17, 15) is 4.79 Å². The minimum absolute atomic E-state index is 0.109. The maximum atomic E-state index is 11.1. The molecule has 0 radical (unpaired) electrons. The number of carbonyl (C=O) groups excluding carboxylic acids is 1. The van der Waals surface area contributed by atoms with Crippen LogP contribution in [0, 0.1) is 5.92 Å². The zero-order valence-corrected chi connectivity index (χ0v) is 11.4. The molecule has 0 fully saturated rings. The van der Waals surface area contributed by atoms with Crippen LogP contribution in [0.15, 0.2) is 67.3 Å². The first-order valence-electron chi connectivity index (χ1n) is 6.73. The van der Waals surface area contributed by atoms with Gasteiger partial charge < -0.3 is 4.79 Å². The van der Waals surface area contributed by atoms with Crippen molar-refractivity contribution in [1.29, 1.82) is 0 Å². The Balaban J connectivity index is 2.41. The first-order chi connectivity index (χ1) is 9.30. The Morgan fingerprint density at radius 3 is 2.53 bits per heavy atom. The lowest BCUT2D eigenvalue weighted by atomic mass is 9.94. The Labute approximate surface area is 116 Å². The predicted octanol–water partition coefficient (Wildman–Crippen LogP) is 4.51. The van der Waals surface area contributed by atoms with Crippen LogP contribution in [0.2, 0.25) is 0 Å². The van der Waals surface area contributed by atoms with Gasteiger partial charge in [0.25, 0.3) is 0 Å². The lowest BCUT2D eigenvalue weighted by molar-refractivity contribution is -0.111. The fraction of sp³-hybridized carbons (Fsp3) is 0.278. The molecule has 0 bridgehead atoms. The number of rotatable bonds is 9. The van der Waals surface area contributed by atoms with E-state index in [1.54, 1.807) is 6.08 Å². The summed E-state index contributed by atoms with van der Waals surface area (Å²) in [5, 5.41) is 0. The summed E-state index contributed by atoms with van der Waals surface area (Å²) in [7, 11) is 0. The summed E-state index contributed by atoms with van der Waals surface area (Å²) < 4.78 is 0. The van der Waals surface area contributed by atoms with Gasteiger partial charge in [-0.1, -0.05) is 61.7 Å². The van der Waals surface area contributed by atoms with Crippen LogP contribution in [0.4, 0.5) is 0 Å². The van der Waals surface area contributed by atoms with Gasteiger partial charge in [-0.05, 0) is 36.8 Å². The van der Waals surface area contributed by atoms with Gasteiger partial charge in [-0.2, -0.15) is 0 Å². The van der Waals surface area contributed by atoms with Crippen molar-refractivity contribution in [2.45, 2.75) is 25.7 Å². The Kier molecular flexibility index (Phi) is 7.26. The van der Waals surface area contributed by atoms with E-state index in [2.05, 4.69) is 25.3 Å². The highest BCUT2D eigenvalue weighted by atomic mass is 16.1. The second-order valence-electron chi connectivity index (χ2n) is 4.66. The van der Waals surface area contributed by atoms with Crippen molar-refractivity contribution in [2.24, 2.45) is 5.92 Å². The van der Waals surface area contributed by atoms with E-state index >= 15 is 0 Å². The smallest absolute Gasteiger partial charge is 0.123 e. The molecule has 1 atom stereocenters. The third-order valence-electron chi connectivity index (χ3n) is 3.17. The lowest BCUT2D eigenvalue weighted by Gasteiger charge is -2.10. The van der Waals surface area contributed by atoms with Crippen LogP contribution in [0.3, 0.4) is 0 Å². The first-order valence-corrected chi connectivity index (χ1v) is 6.73. The standard InChI is InChI=1S/C18H22O/c1-3-9-16(4-2)12-8-13-18(15-19)14-17-10-6-5-7-11-17/h3-7,9-11,15,18H,1-2,8,12-14H2/b16-9+. The highest BCUT2D eigenvalue weighted by molar-refractivity contribution is 5.54. The number of hydrogen-bond acceptors (Lipinski definition) is 1. The van der Waals surface area contributed by atoms with Gasteiger partial charge in [-0.25, -0.2) is 0 Å². The van der Waals surface area contributed by atoms with Crippen LogP contribution in [-0.4, -0.2) is 6.29 Å². The van der Waals surface area contributed by atoms with Crippen molar-refractivity contribution in [3.05, 3.63) is 72.9 Å². The molecule has 1 aromatic rings. The van der Waals surface area contributed by atoms with E-state index in [0.29, 0.717) is 0 Å². The van der Waals surface area contributed by atoms with Gasteiger partial charge in [0.15, 0.2) is 0 Å². The summed E-state index contributed by atoms with van der Waals surface area (Å²) in [5.74, 6) is 0.109. The van der Waals surface area contributed by atoms with Gasteiger partial charge in [0.2, 0.25) is 0 Å². The molecule has 0 spiro atoms. The monoisotopic (exact) mass is 254 g/mol. The van der Waals surface area contributed by atoms with Crippen LogP contribution < -0.4 is 0 Å². The SMILES string of the molecule is C=C/C=C(\C=C)CCCC(C=O)Cc1ccccc1. The number of carbonyl (C=O) groups is 1. The van der Waals surface area contributed by atoms with Crippen molar-refractivity contribution in [3.8, 4) is 0 Å². The second kappa shape index (κ2) is 9.09. The molecule has 0 saturated heterocycles. The van der Waals surface area contributed by atoms with Crippen LogP contribution in [0.5, 0.6) is 0 Å². The van der Waals surface area contributed by atoms with E-state index in [1.807, 2.05) is 30.4 Å². The maximum absolute atomic E-state index is 11.1. The Hall–Kier alpha value is -1.89. The molecule has 0 amide bonds. The molecule has 0 aliphatic carbocycles. The molecular formula is C18H22O. The number of allylic oxidation sites excluding steroid dienone is 4. The first kappa shape index (κ1) is 15.2. The quantitative estimate of drug-likeness (QED) is 0.468. The minimum atomic E-state index is 0.109. The molecule has 1 rings (SSSR count). The largest absolute Gasteiger partial charge is 0.303 e. The molecule has 0 aliphatic heterocycles. The zero-order chi connectivity index (χ0) is 13.9. The molecule has 19 heavy (non-hydrogen) atoms. The lowest BCUT2D eigenvalue weighted by Crippen LogP contribution is -2.06. The molecule has 1 heteroatoms. The second-order valence-corrected chi connectivity index (χ2v) is 4.66. The molecule has 0 aliphatic rings. The topological polar surface area (TPSA) is 17.1 Å². The highest BCUT2D eigenvalue weighted by Gasteiger charge is 2.08. The average Bonchev–Trinajstić information content (AvgIpc) is 2.46. The number of aldehydes is 1. The minimum Gasteiger partial charge on any atom is -0.303 e. The number of hydrogen-bond donors (Lipinski definition) is 0. The van der Waals surface area contributed by atoms with E-state index in [-0.39, 0.29) is 5.92 Å². The molecule has 0 N–H and O–H groups in total. The van der Waals surface area contributed by atoms with E-state index < -0.39 is 0 Å². The van der Waals surface area contributed by atoms with Crippen LogP contribution in [0.1, 0.15) is 24.8 Å². The van der Waals surface area contributed by atoms with Gasteiger partial charge in [0.1, 0.15) is 6.29 Å². The maximum Gasteiger partial charge on any atom is 0.123 e. The third kappa shape index (κ3) is 6.01. The molecule has 100 valence electrons. The van der Waals surface area contributed by atoms with Crippen LogP contribution >= 0.6 is 0 Å². The van der Waals surface area contributed by atoms with Gasteiger partial charge >= 0.3 is 0 Å². The average molecular weight is 254 g/mol. The summed E-state index contributed by atoms with van der Waals surface area (Å²) >= 11 is 0. The van der Waals surface area contributed by atoms with Gasteiger partial charge in [0.05, 0.1) is 0 Å². The summed E-state index contributed by atoms with van der Waals surface area (Å²) in [6.07, 6.45) is 10.4. The van der Waals surface area contributed by atoms with Crippen molar-refractivity contribution in [3.63, 3.8) is 0 Å². The van der Waals surface area contributed by atoms with Crippen molar-refractivity contribution in [2.75, 3.05) is 0 Å². The van der Waals surface area contributed by atoms with Gasteiger partial charge in [-0.15, -0.1) is 0 Å². The predicted molar refractivity (Wildman–Crippen MR) is 82.0 cm³/mol. The summed E-state index contributed by atoms with van der Waals surface area (Å²) in [6.45, 7) is 7.46. The highest BCUT2D eigenvalue weighted by Crippen LogP contribution is 2.16. The Morgan fingerprint density at radius 2 is 1.95 bits per heavy atom. The van der Waals surface area contributed by atoms with Gasteiger partial charge in [0, 0.05) is 5.92 Å². The Bertz CT molecular complexity index is 428. The number of benzene rings is 1. The normalized spacial score (nSPS) is 12.7. The summed E-state index contributed by atoms with van der Waals surface area (Å²) in [5.41, 5.74) is 2.41. The fourth-order valence-corrected chi connectivity index (χ4v) is 2.11. The molecule has 0 aromatic heterocycles. The summed E-state index contributed by atoms with van der Waals surface area (Å²) in [4.78, 5) is 11.1. The molecule has 0 heterocycles. The Morgan fingerprint density at radius 1 is 1.21 bits per heavy atom. The van der Waals surface area contributed by atoms with Crippen LogP contribution in [-0.2, 0) is 11.2 Å². The van der Waals surface area contributed by atoms with Crippen LogP contribution in [0.25, 0.3) is 0 Å². The molecular weight excluding hydrogens is 232 g/mol. The van der Waals surface area contributed by atoms with Crippen molar-refractivity contribution < 1.29 is 4.79 Å².